The van der Waals surface area contributed by atoms with Crippen LogP contribution in [0.25, 0.3) is 0 Å². The van der Waals surface area contributed by atoms with Crippen LogP contribution in [-0.2, 0) is 28.6 Å². The third kappa shape index (κ3) is 57.9. The third-order valence-corrected chi connectivity index (χ3v) is 13.5. The van der Waals surface area contributed by atoms with Gasteiger partial charge in [0.2, 0.25) is 0 Å². The summed E-state index contributed by atoms with van der Waals surface area (Å²) in [6.45, 7) is 6.57. The van der Waals surface area contributed by atoms with Crippen molar-refractivity contribution in [3.8, 4) is 0 Å². The van der Waals surface area contributed by atoms with Gasteiger partial charge in [0.25, 0.3) is 0 Å². The zero-order valence-corrected chi connectivity index (χ0v) is 47.2. The Morgan fingerprint density at radius 3 is 0.803 bits per heavy atom. The number of unbranched alkanes of at least 4 members (excludes halogenated alkanes) is 35. The highest BCUT2D eigenvalue weighted by molar-refractivity contribution is 5.71. The summed E-state index contributed by atoms with van der Waals surface area (Å²) in [7, 11) is 0. The normalized spacial score (nSPS) is 12.4. The van der Waals surface area contributed by atoms with Crippen LogP contribution in [0.1, 0.15) is 316 Å². The molecule has 1 atom stereocenters. The summed E-state index contributed by atoms with van der Waals surface area (Å²) in [5, 5.41) is 0. The molecule has 412 valence electrons. The average molecular weight is 994 g/mol. The van der Waals surface area contributed by atoms with E-state index in [0.717, 1.165) is 83.5 Å². The zero-order chi connectivity index (χ0) is 51.4. The Morgan fingerprint density at radius 1 is 0.282 bits per heavy atom. The van der Waals surface area contributed by atoms with Crippen molar-refractivity contribution >= 4 is 17.9 Å². The van der Waals surface area contributed by atoms with Gasteiger partial charge in [-0.1, -0.05) is 268 Å². The fraction of sp³-hybridized carbons (Fsp3) is 0.800. The smallest absolute Gasteiger partial charge is 0.306 e. The Balaban J connectivity index is 4.06. The van der Waals surface area contributed by atoms with E-state index in [-0.39, 0.29) is 31.1 Å². The number of carbonyl (C=O) groups excluding carboxylic acids is 3. The first-order valence-electron chi connectivity index (χ1n) is 30.8. The maximum atomic E-state index is 12.8. The summed E-state index contributed by atoms with van der Waals surface area (Å²) in [6, 6.07) is 0. The molecule has 0 spiro atoms. The number of hydrogen-bond acceptors (Lipinski definition) is 6. The second-order valence-corrected chi connectivity index (χ2v) is 20.6. The Labute approximate surface area is 440 Å². The second-order valence-electron chi connectivity index (χ2n) is 20.6. The van der Waals surface area contributed by atoms with Crippen molar-refractivity contribution in [2.75, 3.05) is 13.2 Å². The Morgan fingerprint density at radius 2 is 0.507 bits per heavy atom. The van der Waals surface area contributed by atoms with Gasteiger partial charge in [0.1, 0.15) is 13.2 Å². The van der Waals surface area contributed by atoms with Crippen LogP contribution >= 0.6 is 0 Å². The lowest BCUT2D eigenvalue weighted by atomic mass is 10.0. The lowest BCUT2D eigenvalue weighted by molar-refractivity contribution is -0.167. The van der Waals surface area contributed by atoms with Gasteiger partial charge >= 0.3 is 17.9 Å². The second kappa shape index (κ2) is 59.7. The monoisotopic (exact) mass is 993 g/mol. The molecule has 6 nitrogen and oxygen atoms in total. The van der Waals surface area contributed by atoms with E-state index in [1.54, 1.807) is 0 Å². The number of ether oxygens (including phenoxy) is 3. The predicted octanol–water partition coefficient (Wildman–Crippen LogP) is 20.8. The van der Waals surface area contributed by atoms with Crippen LogP contribution < -0.4 is 0 Å². The molecular weight excluding hydrogens is 877 g/mol. The van der Waals surface area contributed by atoms with Crippen LogP contribution in [-0.4, -0.2) is 37.2 Å². The molecule has 0 bridgehead atoms. The van der Waals surface area contributed by atoms with Crippen LogP contribution in [0.3, 0.4) is 0 Å². The average Bonchev–Trinajstić information content (AvgIpc) is 3.37. The lowest BCUT2D eigenvalue weighted by Crippen LogP contribution is -2.30. The van der Waals surface area contributed by atoms with E-state index in [2.05, 4.69) is 81.5 Å². The number of allylic oxidation sites excluding steroid dienone is 10. The summed E-state index contributed by atoms with van der Waals surface area (Å²) in [6.07, 6.45) is 75.4. The summed E-state index contributed by atoms with van der Waals surface area (Å²) >= 11 is 0. The molecule has 0 rings (SSSR count). The molecule has 0 radical (unpaired) electrons. The van der Waals surface area contributed by atoms with E-state index < -0.39 is 6.10 Å². The predicted molar refractivity (Wildman–Crippen MR) is 307 cm³/mol. The molecule has 0 aliphatic carbocycles. The van der Waals surface area contributed by atoms with Gasteiger partial charge in [-0.25, -0.2) is 0 Å². The van der Waals surface area contributed by atoms with Crippen molar-refractivity contribution in [2.45, 2.75) is 322 Å². The van der Waals surface area contributed by atoms with Crippen LogP contribution in [0, 0.1) is 0 Å². The molecule has 0 aliphatic rings. The largest absolute Gasteiger partial charge is 0.462 e. The fourth-order valence-corrected chi connectivity index (χ4v) is 8.83. The maximum Gasteiger partial charge on any atom is 0.306 e. The minimum Gasteiger partial charge on any atom is -0.462 e. The quantitative estimate of drug-likeness (QED) is 0.0261. The lowest BCUT2D eigenvalue weighted by Gasteiger charge is -2.18. The number of carbonyl (C=O) groups is 3. The topological polar surface area (TPSA) is 78.9 Å². The summed E-state index contributed by atoms with van der Waals surface area (Å²) < 4.78 is 16.8. The number of esters is 3. The molecule has 0 aromatic rings. The van der Waals surface area contributed by atoms with Gasteiger partial charge in [0.05, 0.1) is 0 Å². The first kappa shape index (κ1) is 68.1. The zero-order valence-electron chi connectivity index (χ0n) is 47.2. The van der Waals surface area contributed by atoms with E-state index >= 15 is 0 Å². The minimum absolute atomic E-state index is 0.0756. The highest BCUT2D eigenvalue weighted by Gasteiger charge is 2.19. The van der Waals surface area contributed by atoms with Gasteiger partial charge in [0.15, 0.2) is 6.10 Å². The number of hydrogen-bond donors (Lipinski definition) is 0. The van der Waals surface area contributed by atoms with Gasteiger partial charge in [-0.05, 0) is 89.9 Å². The summed E-state index contributed by atoms with van der Waals surface area (Å²) in [5.41, 5.74) is 0. The van der Waals surface area contributed by atoms with Crippen molar-refractivity contribution in [3.05, 3.63) is 60.8 Å². The molecular formula is C65H116O6. The van der Waals surface area contributed by atoms with E-state index in [9.17, 15) is 14.4 Å². The van der Waals surface area contributed by atoms with E-state index in [1.807, 2.05) is 0 Å². The highest BCUT2D eigenvalue weighted by Crippen LogP contribution is 2.16. The van der Waals surface area contributed by atoms with E-state index in [0.29, 0.717) is 19.3 Å². The van der Waals surface area contributed by atoms with Crippen molar-refractivity contribution in [3.63, 3.8) is 0 Å². The van der Waals surface area contributed by atoms with Crippen molar-refractivity contribution in [1.29, 1.82) is 0 Å². The van der Waals surface area contributed by atoms with Crippen LogP contribution in [0.4, 0.5) is 0 Å². The Hall–Kier alpha value is -2.89. The van der Waals surface area contributed by atoms with Crippen molar-refractivity contribution in [2.24, 2.45) is 0 Å². The third-order valence-electron chi connectivity index (χ3n) is 13.5. The summed E-state index contributed by atoms with van der Waals surface area (Å²) in [4.78, 5) is 37.9. The molecule has 71 heavy (non-hydrogen) atoms. The van der Waals surface area contributed by atoms with Crippen LogP contribution in [0.5, 0.6) is 0 Å². The summed E-state index contributed by atoms with van der Waals surface area (Å²) in [5.74, 6) is -0.882. The Kier molecular flexibility index (Phi) is 57.2. The van der Waals surface area contributed by atoms with Gasteiger partial charge in [-0.15, -0.1) is 0 Å². The molecule has 0 saturated heterocycles. The van der Waals surface area contributed by atoms with Gasteiger partial charge < -0.3 is 14.2 Å². The fourth-order valence-electron chi connectivity index (χ4n) is 8.83. The van der Waals surface area contributed by atoms with Crippen LogP contribution in [0.15, 0.2) is 60.8 Å². The van der Waals surface area contributed by atoms with Gasteiger partial charge in [-0.3, -0.25) is 14.4 Å². The minimum atomic E-state index is -0.774. The van der Waals surface area contributed by atoms with Crippen molar-refractivity contribution < 1.29 is 28.6 Å². The van der Waals surface area contributed by atoms with E-state index in [4.69, 9.17) is 14.2 Å². The van der Waals surface area contributed by atoms with Crippen molar-refractivity contribution in [1.82, 2.24) is 0 Å². The molecule has 0 saturated carbocycles. The molecule has 0 aromatic heterocycles. The molecule has 6 heteroatoms. The first-order chi connectivity index (χ1) is 35.0. The van der Waals surface area contributed by atoms with Crippen LogP contribution in [0.2, 0.25) is 0 Å². The SMILES string of the molecule is CCCCCC/C=C\C/C=C\CCCCCCCCCC(=O)OC(COC(=O)CCCCCCCC)COC(=O)CCCCCCCCCCCCCCCC/C=C\C/C=C\C/C=C\CCCCCCC. The molecule has 0 heterocycles. The van der Waals surface area contributed by atoms with Gasteiger partial charge in [-0.2, -0.15) is 0 Å². The number of rotatable bonds is 56. The standard InChI is InChI=1S/C65H116O6/c1-4-7-10-13-16-18-20-22-24-26-28-29-30-31-32-33-34-35-36-37-38-40-41-43-45-47-49-52-55-58-64(67)70-61-62(60-69-63(66)57-54-51-15-12-9-6-3)71-65(68)59-56-53-50-48-46-44-42-39-27-25-23-21-19-17-14-11-8-5-2/h19-22,25-28,30-31,62H,4-18,23-24,29,32-61H2,1-3H3/b21-19-,22-20-,27-25-,28-26-,31-30-. The molecule has 0 aliphatic heterocycles. The molecule has 1 unspecified atom stereocenters. The first-order valence-corrected chi connectivity index (χ1v) is 30.8. The Bertz CT molecular complexity index is 1280. The molecule has 0 N–H and O–H groups in total. The van der Waals surface area contributed by atoms with Gasteiger partial charge in [0, 0.05) is 19.3 Å². The molecule has 0 aromatic carbocycles. The highest BCUT2D eigenvalue weighted by atomic mass is 16.6. The van der Waals surface area contributed by atoms with E-state index in [1.165, 1.54) is 193 Å². The molecule has 0 amide bonds. The molecule has 0 fully saturated rings. The maximum absolute atomic E-state index is 12.8.